The topological polar surface area (TPSA) is 21.3 Å². The Morgan fingerprint density at radius 3 is 2.71 bits per heavy atom. The van der Waals surface area contributed by atoms with Crippen LogP contribution in [0.2, 0.25) is 10.0 Å². The summed E-state index contributed by atoms with van der Waals surface area (Å²) >= 11 is 12.1. The van der Waals surface area contributed by atoms with Crippen LogP contribution in [-0.4, -0.2) is 6.54 Å². The van der Waals surface area contributed by atoms with Gasteiger partial charge in [0.1, 0.15) is 22.3 Å². The first kappa shape index (κ1) is 16.1. The first-order valence-electron chi connectivity index (χ1n) is 6.73. The summed E-state index contributed by atoms with van der Waals surface area (Å²) in [4.78, 5) is 0. The van der Waals surface area contributed by atoms with Gasteiger partial charge in [0.2, 0.25) is 0 Å². The van der Waals surface area contributed by atoms with Crippen LogP contribution in [0.4, 0.5) is 4.39 Å². The Bertz CT molecular complexity index is 619. The minimum Gasteiger partial charge on any atom is -0.455 e. The van der Waals surface area contributed by atoms with Gasteiger partial charge >= 0.3 is 0 Å². The normalized spacial score (nSPS) is 10.7. The number of hydrogen-bond acceptors (Lipinski definition) is 2. The van der Waals surface area contributed by atoms with Gasteiger partial charge in [-0.05, 0) is 43.3 Å². The standard InChI is InChI=1S/C16H16Cl2FNO/c1-2-8-20-10-11-9-12(19)6-7-14(11)21-15-5-3-4-13(17)16(15)18/h3-7,9,20H,2,8,10H2,1H3. The molecular weight excluding hydrogens is 312 g/mol. The van der Waals surface area contributed by atoms with E-state index in [9.17, 15) is 4.39 Å². The summed E-state index contributed by atoms with van der Waals surface area (Å²) in [6.45, 7) is 3.45. The van der Waals surface area contributed by atoms with Crippen molar-refractivity contribution in [3.8, 4) is 11.5 Å². The van der Waals surface area contributed by atoms with Crippen LogP contribution in [0.15, 0.2) is 36.4 Å². The van der Waals surface area contributed by atoms with E-state index in [0.717, 1.165) is 18.5 Å². The molecule has 2 nitrogen and oxygen atoms in total. The maximum Gasteiger partial charge on any atom is 0.147 e. The van der Waals surface area contributed by atoms with E-state index in [1.165, 1.54) is 12.1 Å². The fraction of sp³-hybridized carbons (Fsp3) is 0.250. The average Bonchev–Trinajstić information content (AvgIpc) is 2.46. The molecule has 0 aliphatic heterocycles. The van der Waals surface area contributed by atoms with Gasteiger partial charge in [-0.2, -0.15) is 0 Å². The number of hydrogen-bond donors (Lipinski definition) is 1. The van der Waals surface area contributed by atoms with Crippen molar-refractivity contribution in [1.82, 2.24) is 5.32 Å². The summed E-state index contributed by atoms with van der Waals surface area (Å²) in [5.41, 5.74) is 0.736. The van der Waals surface area contributed by atoms with Gasteiger partial charge in [0.05, 0.1) is 5.02 Å². The van der Waals surface area contributed by atoms with E-state index in [-0.39, 0.29) is 5.82 Å². The molecule has 0 fully saturated rings. The molecule has 2 rings (SSSR count). The van der Waals surface area contributed by atoms with Crippen LogP contribution < -0.4 is 10.1 Å². The van der Waals surface area contributed by atoms with E-state index < -0.39 is 0 Å². The van der Waals surface area contributed by atoms with Crippen molar-refractivity contribution in [2.24, 2.45) is 0 Å². The van der Waals surface area contributed by atoms with E-state index in [1.807, 2.05) is 0 Å². The lowest BCUT2D eigenvalue weighted by Gasteiger charge is -2.13. The van der Waals surface area contributed by atoms with Crippen LogP contribution in [0, 0.1) is 5.82 Å². The lowest BCUT2D eigenvalue weighted by molar-refractivity contribution is 0.470. The summed E-state index contributed by atoms with van der Waals surface area (Å²) in [7, 11) is 0. The van der Waals surface area contributed by atoms with Crippen molar-refractivity contribution in [2.75, 3.05) is 6.54 Å². The lowest BCUT2D eigenvalue weighted by atomic mass is 10.2. The molecule has 0 heterocycles. The van der Waals surface area contributed by atoms with E-state index in [1.54, 1.807) is 24.3 Å². The molecule has 0 unspecified atom stereocenters. The van der Waals surface area contributed by atoms with Crippen molar-refractivity contribution < 1.29 is 9.13 Å². The maximum atomic E-state index is 13.4. The summed E-state index contributed by atoms with van der Waals surface area (Å²) in [6, 6.07) is 9.57. The SMILES string of the molecule is CCCNCc1cc(F)ccc1Oc1cccc(Cl)c1Cl. The van der Waals surface area contributed by atoms with Crippen LogP contribution in [0.3, 0.4) is 0 Å². The second-order valence-electron chi connectivity index (χ2n) is 4.58. The van der Waals surface area contributed by atoms with E-state index in [4.69, 9.17) is 27.9 Å². The predicted molar refractivity (Wildman–Crippen MR) is 84.9 cm³/mol. The fourth-order valence-corrected chi connectivity index (χ4v) is 2.20. The molecule has 0 aromatic heterocycles. The number of halogens is 3. The van der Waals surface area contributed by atoms with Gasteiger partial charge in [-0.25, -0.2) is 4.39 Å². The molecule has 0 saturated heterocycles. The molecule has 0 saturated carbocycles. The van der Waals surface area contributed by atoms with Gasteiger partial charge in [0.15, 0.2) is 0 Å². The Hall–Kier alpha value is -1.29. The Morgan fingerprint density at radius 1 is 1.14 bits per heavy atom. The van der Waals surface area contributed by atoms with Crippen LogP contribution in [-0.2, 0) is 6.54 Å². The van der Waals surface area contributed by atoms with Crippen LogP contribution in [0.1, 0.15) is 18.9 Å². The number of nitrogens with one attached hydrogen (secondary N) is 1. The molecule has 0 spiro atoms. The molecule has 2 aromatic rings. The molecule has 0 aliphatic carbocycles. The summed E-state index contributed by atoms with van der Waals surface area (Å²) in [5.74, 6) is 0.713. The molecule has 1 N–H and O–H groups in total. The Balaban J connectivity index is 2.24. The van der Waals surface area contributed by atoms with Crippen molar-refractivity contribution in [2.45, 2.75) is 19.9 Å². The Kier molecular flexibility index (Phi) is 5.85. The van der Waals surface area contributed by atoms with Gasteiger partial charge in [0.25, 0.3) is 0 Å². The highest BCUT2D eigenvalue weighted by Gasteiger charge is 2.10. The smallest absolute Gasteiger partial charge is 0.147 e. The maximum absolute atomic E-state index is 13.4. The molecule has 2 aromatic carbocycles. The Labute approximate surface area is 133 Å². The van der Waals surface area contributed by atoms with Gasteiger partial charge in [-0.3, -0.25) is 0 Å². The molecule has 5 heteroatoms. The molecule has 0 amide bonds. The molecule has 21 heavy (non-hydrogen) atoms. The lowest BCUT2D eigenvalue weighted by Crippen LogP contribution is -2.14. The van der Waals surface area contributed by atoms with Crippen molar-refractivity contribution in [3.05, 3.63) is 57.8 Å². The van der Waals surface area contributed by atoms with Gasteiger partial charge in [0, 0.05) is 12.1 Å². The summed E-state index contributed by atoms with van der Waals surface area (Å²) in [5, 5.41) is 3.99. The molecular formula is C16H16Cl2FNO. The fourth-order valence-electron chi connectivity index (χ4n) is 1.87. The second kappa shape index (κ2) is 7.64. The highest BCUT2D eigenvalue weighted by Crippen LogP contribution is 2.35. The third-order valence-corrected chi connectivity index (χ3v) is 3.70. The minimum absolute atomic E-state index is 0.298. The highest BCUT2D eigenvalue weighted by atomic mass is 35.5. The number of rotatable bonds is 6. The van der Waals surface area contributed by atoms with E-state index in [2.05, 4.69) is 12.2 Å². The molecule has 0 radical (unpaired) electrons. The number of benzene rings is 2. The zero-order valence-electron chi connectivity index (χ0n) is 11.6. The van der Waals surface area contributed by atoms with Crippen LogP contribution in [0.5, 0.6) is 11.5 Å². The zero-order valence-corrected chi connectivity index (χ0v) is 13.1. The quantitative estimate of drug-likeness (QED) is 0.715. The molecule has 0 bridgehead atoms. The largest absolute Gasteiger partial charge is 0.455 e. The molecule has 0 aliphatic rings. The first-order valence-corrected chi connectivity index (χ1v) is 7.48. The van der Waals surface area contributed by atoms with E-state index >= 15 is 0 Å². The first-order chi connectivity index (χ1) is 10.1. The van der Waals surface area contributed by atoms with Gasteiger partial charge in [-0.1, -0.05) is 36.2 Å². The minimum atomic E-state index is -0.298. The van der Waals surface area contributed by atoms with Gasteiger partial charge in [-0.15, -0.1) is 0 Å². The zero-order chi connectivity index (χ0) is 15.2. The highest BCUT2D eigenvalue weighted by molar-refractivity contribution is 6.42. The monoisotopic (exact) mass is 327 g/mol. The molecule has 0 atom stereocenters. The van der Waals surface area contributed by atoms with Crippen LogP contribution in [0.25, 0.3) is 0 Å². The average molecular weight is 328 g/mol. The van der Waals surface area contributed by atoms with Crippen molar-refractivity contribution in [1.29, 1.82) is 0 Å². The third-order valence-electron chi connectivity index (χ3n) is 2.90. The predicted octanol–water partition coefficient (Wildman–Crippen LogP) is 5.42. The third kappa shape index (κ3) is 4.34. The summed E-state index contributed by atoms with van der Waals surface area (Å²) < 4.78 is 19.2. The van der Waals surface area contributed by atoms with Gasteiger partial charge < -0.3 is 10.1 Å². The van der Waals surface area contributed by atoms with Crippen LogP contribution >= 0.6 is 23.2 Å². The van der Waals surface area contributed by atoms with E-state index in [0.29, 0.717) is 28.1 Å². The molecule has 112 valence electrons. The Morgan fingerprint density at radius 2 is 1.95 bits per heavy atom. The second-order valence-corrected chi connectivity index (χ2v) is 5.37. The summed E-state index contributed by atoms with van der Waals surface area (Å²) in [6.07, 6.45) is 1.01. The number of ether oxygens (including phenoxy) is 1. The van der Waals surface area contributed by atoms with Crippen molar-refractivity contribution in [3.63, 3.8) is 0 Å². The van der Waals surface area contributed by atoms with Crippen molar-refractivity contribution >= 4 is 23.2 Å².